The van der Waals surface area contributed by atoms with Crippen LogP contribution >= 0.6 is 0 Å². The number of ether oxygens (including phenoxy) is 1. The van der Waals surface area contributed by atoms with E-state index in [0.717, 1.165) is 6.42 Å². The molecule has 6 nitrogen and oxygen atoms in total. The maximum absolute atomic E-state index is 12.2. The molecule has 0 aromatic carbocycles. The fourth-order valence-corrected chi connectivity index (χ4v) is 4.43. The number of nitrogens with one attached hydrogen (secondary N) is 1. The van der Waals surface area contributed by atoms with Gasteiger partial charge in [-0.2, -0.15) is 0 Å². The van der Waals surface area contributed by atoms with Crippen molar-refractivity contribution in [3.8, 4) is 0 Å². The second-order valence-electron chi connectivity index (χ2n) is 6.53. The minimum atomic E-state index is -3.19. The summed E-state index contributed by atoms with van der Waals surface area (Å²) in [6.45, 7) is 8.36. The predicted octanol–water partition coefficient (Wildman–Crippen LogP) is 0.729. The number of cyclic esters (lactones) is 1. The van der Waals surface area contributed by atoms with Crippen LogP contribution < -0.4 is 5.32 Å². The number of carbonyl (C=O) groups is 1. The summed E-state index contributed by atoms with van der Waals surface area (Å²) < 4.78 is 31.1. The summed E-state index contributed by atoms with van der Waals surface area (Å²) in [4.78, 5) is 11.7. The first-order valence-electron chi connectivity index (χ1n) is 7.67. The smallest absolute Gasteiger partial charge is 0.323 e. The van der Waals surface area contributed by atoms with E-state index in [-0.39, 0.29) is 35.3 Å². The summed E-state index contributed by atoms with van der Waals surface area (Å²) in [6.07, 6.45) is 1.38. The van der Waals surface area contributed by atoms with Gasteiger partial charge in [-0.15, -0.1) is 0 Å². The lowest BCUT2D eigenvalue weighted by molar-refractivity contribution is -0.142. The second-order valence-corrected chi connectivity index (χ2v) is 9.02. The molecule has 0 amide bonds. The lowest BCUT2D eigenvalue weighted by Gasteiger charge is -2.38. The van der Waals surface area contributed by atoms with Crippen LogP contribution in [0.25, 0.3) is 0 Å². The predicted molar refractivity (Wildman–Crippen MR) is 80.3 cm³/mol. The van der Waals surface area contributed by atoms with Crippen LogP contribution in [-0.2, 0) is 19.6 Å². The van der Waals surface area contributed by atoms with Crippen LogP contribution in [0.3, 0.4) is 0 Å². The normalized spacial score (nSPS) is 35.2. The van der Waals surface area contributed by atoms with Crippen molar-refractivity contribution in [3.63, 3.8) is 0 Å². The number of nitrogens with zero attached hydrogens (tertiary/aromatic N) is 1. The number of carbonyl (C=O) groups excluding carboxylic acids is 1. The van der Waals surface area contributed by atoms with E-state index in [1.165, 1.54) is 0 Å². The highest BCUT2D eigenvalue weighted by Crippen LogP contribution is 2.24. The van der Waals surface area contributed by atoms with E-state index in [0.29, 0.717) is 19.5 Å². The molecule has 4 atom stereocenters. The van der Waals surface area contributed by atoms with E-state index in [9.17, 15) is 13.2 Å². The van der Waals surface area contributed by atoms with Gasteiger partial charge in [0.1, 0.15) is 12.1 Å². The monoisotopic (exact) mass is 318 g/mol. The van der Waals surface area contributed by atoms with Crippen LogP contribution in [0, 0.1) is 5.92 Å². The van der Waals surface area contributed by atoms with Crippen molar-refractivity contribution in [2.45, 2.75) is 64.0 Å². The number of hydrogen-bond donors (Lipinski definition) is 1. The Labute approximate surface area is 127 Å². The molecule has 2 heterocycles. The zero-order valence-corrected chi connectivity index (χ0v) is 14.0. The Morgan fingerprint density at radius 3 is 2.48 bits per heavy atom. The first-order valence-corrected chi connectivity index (χ1v) is 9.17. The van der Waals surface area contributed by atoms with Gasteiger partial charge in [-0.1, -0.05) is 6.92 Å². The van der Waals surface area contributed by atoms with Crippen LogP contribution in [0.15, 0.2) is 0 Å². The molecule has 2 saturated heterocycles. The van der Waals surface area contributed by atoms with Gasteiger partial charge in [-0.25, -0.2) is 12.7 Å². The van der Waals surface area contributed by atoms with Crippen molar-refractivity contribution in [3.05, 3.63) is 0 Å². The van der Waals surface area contributed by atoms with Crippen molar-refractivity contribution in [1.82, 2.24) is 9.62 Å². The van der Waals surface area contributed by atoms with E-state index >= 15 is 0 Å². The molecular weight excluding hydrogens is 292 g/mol. The zero-order valence-electron chi connectivity index (χ0n) is 13.2. The molecule has 0 aromatic heterocycles. The molecule has 4 unspecified atom stereocenters. The minimum absolute atomic E-state index is 0.0355. The lowest BCUT2D eigenvalue weighted by Crippen LogP contribution is -2.54. The van der Waals surface area contributed by atoms with E-state index < -0.39 is 10.0 Å². The molecule has 0 spiro atoms. The highest BCUT2D eigenvalue weighted by Gasteiger charge is 2.38. The van der Waals surface area contributed by atoms with Crippen LogP contribution in [0.2, 0.25) is 0 Å². The van der Waals surface area contributed by atoms with Crippen molar-refractivity contribution in [2.75, 3.05) is 13.1 Å². The fourth-order valence-electron chi connectivity index (χ4n) is 3.04. The molecule has 2 aliphatic rings. The summed E-state index contributed by atoms with van der Waals surface area (Å²) in [5.41, 5.74) is 0. The SMILES string of the molecule is CC1CC(NC2CCN(S(=O)(=O)C(C)C)CC2C)C(=O)O1. The van der Waals surface area contributed by atoms with Crippen molar-refractivity contribution < 1.29 is 17.9 Å². The molecule has 2 fully saturated rings. The van der Waals surface area contributed by atoms with E-state index in [4.69, 9.17) is 4.74 Å². The minimum Gasteiger partial charge on any atom is -0.461 e. The van der Waals surface area contributed by atoms with Crippen LogP contribution in [-0.4, -0.2) is 55.2 Å². The van der Waals surface area contributed by atoms with Gasteiger partial charge in [-0.05, 0) is 33.1 Å². The molecule has 0 aromatic rings. The van der Waals surface area contributed by atoms with Gasteiger partial charge in [0.15, 0.2) is 0 Å². The summed E-state index contributed by atoms with van der Waals surface area (Å²) in [7, 11) is -3.19. The molecule has 1 N–H and O–H groups in total. The largest absolute Gasteiger partial charge is 0.461 e. The Kier molecular flexibility index (Phi) is 4.95. The molecule has 0 radical (unpaired) electrons. The molecule has 2 rings (SSSR count). The van der Waals surface area contributed by atoms with E-state index in [1.54, 1.807) is 18.2 Å². The van der Waals surface area contributed by atoms with Gasteiger partial charge in [0.2, 0.25) is 10.0 Å². The number of sulfonamides is 1. The number of esters is 1. The Balaban J connectivity index is 1.94. The fraction of sp³-hybridized carbons (Fsp3) is 0.929. The van der Waals surface area contributed by atoms with Crippen molar-refractivity contribution >= 4 is 16.0 Å². The quantitative estimate of drug-likeness (QED) is 0.773. The maximum Gasteiger partial charge on any atom is 0.323 e. The molecule has 0 aliphatic carbocycles. The maximum atomic E-state index is 12.2. The summed E-state index contributed by atoms with van der Waals surface area (Å²) in [5, 5.41) is 2.96. The Morgan fingerprint density at radius 2 is 2.00 bits per heavy atom. The zero-order chi connectivity index (χ0) is 15.8. The highest BCUT2D eigenvalue weighted by atomic mass is 32.2. The number of piperidine rings is 1. The van der Waals surface area contributed by atoms with Gasteiger partial charge in [0.05, 0.1) is 5.25 Å². The first kappa shape index (κ1) is 16.7. The third-order valence-electron chi connectivity index (χ3n) is 4.41. The Hall–Kier alpha value is -0.660. The summed E-state index contributed by atoms with van der Waals surface area (Å²) >= 11 is 0. The molecule has 7 heteroatoms. The van der Waals surface area contributed by atoms with Gasteiger partial charge < -0.3 is 10.1 Å². The van der Waals surface area contributed by atoms with E-state index in [2.05, 4.69) is 5.32 Å². The average Bonchev–Trinajstić information content (AvgIpc) is 2.70. The molecule has 0 saturated carbocycles. The third-order valence-corrected chi connectivity index (χ3v) is 6.65. The van der Waals surface area contributed by atoms with Gasteiger partial charge in [0.25, 0.3) is 0 Å². The number of rotatable bonds is 4. The van der Waals surface area contributed by atoms with Gasteiger partial charge in [0, 0.05) is 25.6 Å². The number of hydrogen-bond acceptors (Lipinski definition) is 5. The van der Waals surface area contributed by atoms with E-state index in [1.807, 2.05) is 13.8 Å². The first-order chi connectivity index (χ1) is 9.71. The Morgan fingerprint density at radius 1 is 1.33 bits per heavy atom. The van der Waals surface area contributed by atoms with Crippen LogP contribution in [0.1, 0.15) is 40.5 Å². The van der Waals surface area contributed by atoms with Gasteiger partial charge in [-0.3, -0.25) is 4.79 Å². The summed E-state index contributed by atoms with van der Waals surface area (Å²) in [6, 6.07) is -0.0906. The molecule has 122 valence electrons. The van der Waals surface area contributed by atoms with Crippen molar-refractivity contribution in [2.24, 2.45) is 5.92 Å². The standard InChI is InChI=1S/C14H26N2O4S/c1-9(2)21(18,19)16-6-5-12(10(3)8-16)15-13-7-11(4)20-14(13)17/h9-13,15H,5-8H2,1-4H3. The average molecular weight is 318 g/mol. The third kappa shape index (κ3) is 3.57. The molecule has 2 aliphatic heterocycles. The highest BCUT2D eigenvalue weighted by molar-refractivity contribution is 7.89. The van der Waals surface area contributed by atoms with Gasteiger partial charge >= 0.3 is 5.97 Å². The topological polar surface area (TPSA) is 75.7 Å². The van der Waals surface area contributed by atoms with Crippen LogP contribution in [0.5, 0.6) is 0 Å². The molecule has 21 heavy (non-hydrogen) atoms. The molecular formula is C14H26N2O4S. The second kappa shape index (κ2) is 6.22. The summed E-state index contributed by atoms with van der Waals surface area (Å²) in [5.74, 6) is -0.0112. The molecule has 0 bridgehead atoms. The Bertz CT molecular complexity index is 491. The van der Waals surface area contributed by atoms with Crippen molar-refractivity contribution in [1.29, 1.82) is 0 Å². The van der Waals surface area contributed by atoms with Crippen LogP contribution in [0.4, 0.5) is 0 Å². The lowest BCUT2D eigenvalue weighted by atomic mass is 9.94.